The van der Waals surface area contributed by atoms with Gasteiger partial charge in [0.15, 0.2) is 0 Å². The number of hydrogen-bond donors (Lipinski definition) is 2. The zero-order valence-corrected chi connectivity index (χ0v) is 11.8. The quantitative estimate of drug-likeness (QED) is 0.850. The van der Waals surface area contributed by atoms with Crippen LogP contribution in [-0.4, -0.2) is 25.9 Å². The minimum absolute atomic E-state index is 0.178. The number of aromatic nitrogens is 4. The molecule has 0 saturated heterocycles. The molecule has 0 aromatic carbocycles. The molecule has 0 aliphatic heterocycles. The summed E-state index contributed by atoms with van der Waals surface area (Å²) in [6.45, 7) is 4.08. The molecular weight excluding hydrogens is 256 g/mol. The highest BCUT2D eigenvalue weighted by molar-refractivity contribution is 5.95. The summed E-state index contributed by atoms with van der Waals surface area (Å²) in [5.41, 5.74) is 8.59. The summed E-state index contributed by atoms with van der Waals surface area (Å²) in [6, 6.07) is 1.74. The van der Waals surface area contributed by atoms with Gasteiger partial charge in [-0.25, -0.2) is 0 Å². The van der Waals surface area contributed by atoms with E-state index < -0.39 is 0 Å². The zero-order valence-electron chi connectivity index (χ0n) is 11.8. The first-order valence-electron chi connectivity index (χ1n) is 6.40. The number of nitrogens with two attached hydrogens (primary N) is 1. The Hall–Kier alpha value is -2.44. The third kappa shape index (κ3) is 2.76. The molecule has 2 rings (SSSR count). The van der Waals surface area contributed by atoms with E-state index in [1.54, 1.807) is 24.0 Å². The Morgan fingerprint density at radius 1 is 1.45 bits per heavy atom. The molecule has 0 radical (unpaired) electrons. The lowest BCUT2D eigenvalue weighted by atomic mass is 10.1. The highest BCUT2D eigenvalue weighted by Crippen LogP contribution is 2.11. The summed E-state index contributed by atoms with van der Waals surface area (Å²) in [6.07, 6.45) is 2.30. The fraction of sp³-hybridized carbons (Fsp3) is 0.385. The van der Waals surface area contributed by atoms with E-state index in [9.17, 15) is 4.79 Å². The van der Waals surface area contributed by atoms with Gasteiger partial charge in [0.1, 0.15) is 5.82 Å². The standard InChI is InChI=1S/C13H18N6O/c1-4-11-10(5-8(2)17-18-11)13(20)15-6-9-7-16-19(3)12(9)14/h5,7H,4,6,14H2,1-3H3,(H,15,20). The van der Waals surface area contributed by atoms with Crippen molar-refractivity contribution in [2.75, 3.05) is 5.73 Å². The first kappa shape index (κ1) is 14.0. The number of carbonyl (C=O) groups excluding carboxylic acids is 1. The van der Waals surface area contributed by atoms with Crippen molar-refractivity contribution >= 4 is 11.7 Å². The van der Waals surface area contributed by atoms with Gasteiger partial charge in [-0.1, -0.05) is 6.92 Å². The van der Waals surface area contributed by atoms with Crippen LogP contribution in [0.1, 0.15) is 34.2 Å². The minimum Gasteiger partial charge on any atom is -0.384 e. The van der Waals surface area contributed by atoms with Gasteiger partial charge in [0, 0.05) is 19.2 Å². The van der Waals surface area contributed by atoms with E-state index in [4.69, 9.17) is 5.73 Å². The Morgan fingerprint density at radius 3 is 2.80 bits per heavy atom. The minimum atomic E-state index is -0.178. The van der Waals surface area contributed by atoms with Crippen LogP contribution in [-0.2, 0) is 20.0 Å². The number of amides is 1. The maximum Gasteiger partial charge on any atom is 0.253 e. The predicted molar refractivity (Wildman–Crippen MR) is 74.9 cm³/mol. The number of aryl methyl sites for hydroxylation is 3. The SMILES string of the molecule is CCc1nnc(C)cc1C(=O)NCc1cnn(C)c1N. The van der Waals surface area contributed by atoms with E-state index in [0.717, 1.165) is 5.56 Å². The highest BCUT2D eigenvalue weighted by atomic mass is 16.1. The molecule has 7 nitrogen and oxygen atoms in total. The van der Waals surface area contributed by atoms with E-state index in [1.807, 2.05) is 13.8 Å². The predicted octanol–water partition coefficient (Wildman–Crippen LogP) is 0.593. The number of anilines is 1. The van der Waals surface area contributed by atoms with Gasteiger partial charge in [-0.05, 0) is 19.4 Å². The zero-order chi connectivity index (χ0) is 14.7. The first-order chi connectivity index (χ1) is 9.52. The average Bonchev–Trinajstić information content (AvgIpc) is 2.76. The van der Waals surface area contributed by atoms with E-state index in [2.05, 4.69) is 20.6 Å². The molecule has 106 valence electrons. The third-order valence-corrected chi connectivity index (χ3v) is 3.08. The molecular formula is C13H18N6O. The van der Waals surface area contributed by atoms with Gasteiger partial charge >= 0.3 is 0 Å². The van der Waals surface area contributed by atoms with Crippen molar-refractivity contribution in [3.8, 4) is 0 Å². The summed E-state index contributed by atoms with van der Waals surface area (Å²) < 4.78 is 1.57. The van der Waals surface area contributed by atoms with Crippen LogP contribution in [0.2, 0.25) is 0 Å². The van der Waals surface area contributed by atoms with Crippen LogP contribution < -0.4 is 11.1 Å². The number of hydrogen-bond acceptors (Lipinski definition) is 5. The molecule has 0 unspecified atom stereocenters. The molecule has 0 fully saturated rings. The van der Waals surface area contributed by atoms with Crippen molar-refractivity contribution in [3.63, 3.8) is 0 Å². The molecule has 20 heavy (non-hydrogen) atoms. The van der Waals surface area contributed by atoms with E-state index in [-0.39, 0.29) is 5.91 Å². The monoisotopic (exact) mass is 274 g/mol. The second-order valence-electron chi connectivity index (χ2n) is 4.56. The van der Waals surface area contributed by atoms with Crippen LogP contribution in [0.3, 0.4) is 0 Å². The largest absolute Gasteiger partial charge is 0.384 e. The smallest absolute Gasteiger partial charge is 0.253 e. The van der Waals surface area contributed by atoms with Crippen LogP contribution in [0.5, 0.6) is 0 Å². The summed E-state index contributed by atoms with van der Waals surface area (Å²) in [5, 5.41) is 14.9. The van der Waals surface area contributed by atoms with Gasteiger partial charge in [0.25, 0.3) is 5.91 Å². The molecule has 3 N–H and O–H groups in total. The highest BCUT2D eigenvalue weighted by Gasteiger charge is 2.13. The second-order valence-corrected chi connectivity index (χ2v) is 4.56. The average molecular weight is 274 g/mol. The number of nitrogen functional groups attached to an aromatic ring is 1. The van der Waals surface area contributed by atoms with E-state index in [0.29, 0.717) is 35.7 Å². The van der Waals surface area contributed by atoms with Crippen LogP contribution in [0, 0.1) is 6.92 Å². The normalized spacial score (nSPS) is 10.6. The lowest BCUT2D eigenvalue weighted by Gasteiger charge is -2.08. The van der Waals surface area contributed by atoms with Crippen LogP contribution in [0.25, 0.3) is 0 Å². The fourth-order valence-electron chi connectivity index (χ4n) is 1.87. The molecule has 0 atom stereocenters. The molecule has 7 heteroatoms. The van der Waals surface area contributed by atoms with Crippen molar-refractivity contribution in [1.82, 2.24) is 25.3 Å². The molecule has 0 bridgehead atoms. The number of nitrogens with one attached hydrogen (secondary N) is 1. The van der Waals surface area contributed by atoms with Crippen molar-refractivity contribution < 1.29 is 4.79 Å². The van der Waals surface area contributed by atoms with E-state index in [1.165, 1.54) is 0 Å². The van der Waals surface area contributed by atoms with Crippen LogP contribution in [0.4, 0.5) is 5.82 Å². The maximum atomic E-state index is 12.2. The van der Waals surface area contributed by atoms with Crippen molar-refractivity contribution in [3.05, 3.63) is 34.8 Å². The molecule has 0 aliphatic rings. The molecule has 0 aliphatic carbocycles. The number of nitrogens with zero attached hydrogens (tertiary/aromatic N) is 4. The van der Waals surface area contributed by atoms with Gasteiger partial charge in [0.05, 0.1) is 23.1 Å². The van der Waals surface area contributed by atoms with Gasteiger partial charge in [-0.3, -0.25) is 9.48 Å². The third-order valence-electron chi connectivity index (χ3n) is 3.08. The topological polar surface area (TPSA) is 98.7 Å². The van der Waals surface area contributed by atoms with Gasteiger partial charge < -0.3 is 11.1 Å². The molecule has 0 spiro atoms. The van der Waals surface area contributed by atoms with Gasteiger partial charge in [-0.15, -0.1) is 0 Å². The molecule has 2 aromatic rings. The second kappa shape index (κ2) is 5.68. The lowest BCUT2D eigenvalue weighted by Crippen LogP contribution is -2.25. The molecule has 2 heterocycles. The Morgan fingerprint density at radius 2 is 2.20 bits per heavy atom. The Balaban J connectivity index is 2.12. The Labute approximate surface area is 117 Å². The molecule has 2 aromatic heterocycles. The summed E-state index contributed by atoms with van der Waals surface area (Å²) in [5.74, 6) is 0.369. The fourth-order valence-corrected chi connectivity index (χ4v) is 1.87. The van der Waals surface area contributed by atoms with Crippen molar-refractivity contribution in [2.24, 2.45) is 7.05 Å². The summed E-state index contributed by atoms with van der Waals surface area (Å²) in [7, 11) is 1.76. The summed E-state index contributed by atoms with van der Waals surface area (Å²) in [4.78, 5) is 12.2. The Kier molecular flexibility index (Phi) is 3.97. The number of rotatable bonds is 4. The maximum absolute atomic E-state index is 12.2. The van der Waals surface area contributed by atoms with Gasteiger partial charge in [0.2, 0.25) is 0 Å². The van der Waals surface area contributed by atoms with Crippen LogP contribution >= 0.6 is 0 Å². The lowest BCUT2D eigenvalue weighted by molar-refractivity contribution is 0.0949. The molecule has 0 saturated carbocycles. The van der Waals surface area contributed by atoms with Gasteiger partial charge in [-0.2, -0.15) is 15.3 Å². The van der Waals surface area contributed by atoms with Crippen LogP contribution in [0.15, 0.2) is 12.3 Å². The van der Waals surface area contributed by atoms with E-state index >= 15 is 0 Å². The molecule has 1 amide bonds. The summed E-state index contributed by atoms with van der Waals surface area (Å²) >= 11 is 0. The van der Waals surface area contributed by atoms with Crippen molar-refractivity contribution in [1.29, 1.82) is 0 Å². The first-order valence-corrected chi connectivity index (χ1v) is 6.40. The number of carbonyl (C=O) groups is 1. The van der Waals surface area contributed by atoms with Crippen molar-refractivity contribution in [2.45, 2.75) is 26.8 Å². The Bertz CT molecular complexity index is 634.